The molecule has 5 rings (SSSR count). The third kappa shape index (κ3) is 3.10. The minimum absolute atomic E-state index is 0.268. The van der Waals surface area contributed by atoms with Crippen LogP contribution in [0, 0.1) is 11.2 Å². The van der Waals surface area contributed by atoms with Gasteiger partial charge in [-0.2, -0.15) is 5.10 Å². The van der Waals surface area contributed by atoms with E-state index in [9.17, 15) is 9.59 Å². The molecule has 1 saturated carbocycles. The first kappa shape index (κ1) is 18.5. The van der Waals surface area contributed by atoms with Gasteiger partial charge in [-0.3, -0.25) is 19.6 Å². The fourth-order valence-corrected chi connectivity index (χ4v) is 5.10. The number of hydrogen-bond donors (Lipinski definition) is 3. The molecule has 3 heterocycles. The number of amides is 2. The smallest absolute Gasteiger partial charge is 0.235 e. The average Bonchev–Trinajstić information content (AvgIpc) is 3.00. The zero-order valence-electron chi connectivity index (χ0n) is 16.6. The Hall–Kier alpha value is -2.48. The topological polar surface area (TPSA) is 88.0 Å². The zero-order valence-corrected chi connectivity index (χ0v) is 16.6. The number of nitrogens with one attached hydrogen (secondary N) is 3. The van der Waals surface area contributed by atoms with E-state index in [1.54, 1.807) is 13.1 Å². The maximum Gasteiger partial charge on any atom is 0.235 e. The number of benzene rings is 1. The normalized spacial score (nSPS) is 24.6. The van der Waals surface area contributed by atoms with Crippen molar-refractivity contribution >= 4 is 28.4 Å². The first-order valence-electron chi connectivity index (χ1n) is 10.4. The van der Waals surface area contributed by atoms with Crippen LogP contribution >= 0.6 is 0 Å². The Morgan fingerprint density at radius 2 is 1.97 bits per heavy atom. The van der Waals surface area contributed by atoms with Crippen molar-refractivity contribution in [1.29, 1.82) is 0 Å². The molecule has 7 nitrogen and oxygen atoms in total. The number of imide groups is 1. The maximum absolute atomic E-state index is 15.4. The summed E-state index contributed by atoms with van der Waals surface area (Å²) in [6.07, 6.45) is 5.12. The van der Waals surface area contributed by atoms with E-state index in [-0.39, 0.29) is 30.1 Å². The third-order valence-corrected chi connectivity index (χ3v) is 6.95. The summed E-state index contributed by atoms with van der Waals surface area (Å²) in [5.41, 5.74) is 1.89. The molecule has 2 aromatic rings. The fourth-order valence-electron chi connectivity index (χ4n) is 5.10. The van der Waals surface area contributed by atoms with Crippen LogP contribution in [0.25, 0.3) is 10.9 Å². The second-order valence-corrected chi connectivity index (χ2v) is 8.86. The van der Waals surface area contributed by atoms with Gasteiger partial charge >= 0.3 is 0 Å². The molecule has 8 heteroatoms. The van der Waals surface area contributed by atoms with Crippen LogP contribution < -0.4 is 16.0 Å². The molecule has 2 saturated heterocycles. The molecule has 0 bridgehead atoms. The van der Waals surface area contributed by atoms with Crippen LogP contribution in [0.4, 0.5) is 10.1 Å². The van der Waals surface area contributed by atoms with Gasteiger partial charge in [0.1, 0.15) is 5.52 Å². The van der Waals surface area contributed by atoms with Crippen LogP contribution in [-0.2, 0) is 16.6 Å². The van der Waals surface area contributed by atoms with Crippen molar-refractivity contribution in [1.82, 2.24) is 20.4 Å². The second-order valence-electron chi connectivity index (χ2n) is 8.86. The number of carbonyl (C=O) groups is 2. The van der Waals surface area contributed by atoms with Gasteiger partial charge in [0, 0.05) is 38.0 Å². The summed E-state index contributed by atoms with van der Waals surface area (Å²) in [7, 11) is 1.69. The van der Waals surface area contributed by atoms with Gasteiger partial charge < -0.3 is 10.6 Å². The molecule has 1 aromatic heterocycles. The van der Waals surface area contributed by atoms with Crippen LogP contribution in [0.5, 0.6) is 0 Å². The number of piperidine rings is 1. The Labute approximate surface area is 168 Å². The molecule has 29 heavy (non-hydrogen) atoms. The van der Waals surface area contributed by atoms with Crippen molar-refractivity contribution in [2.75, 3.05) is 18.4 Å². The van der Waals surface area contributed by atoms with E-state index in [0.717, 1.165) is 25.9 Å². The molecule has 1 atom stereocenters. The number of anilines is 1. The van der Waals surface area contributed by atoms with E-state index in [2.05, 4.69) is 21.0 Å². The fraction of sp³-hybridized carbons (Fsp3) is 0.571. The lowest BCUT2D eigenvalue weighted by molar-refractivity contribution is -0.134. The van der Waals surface area contributed by atoms with Gasteiger partial charge in [0.05, 0.1) is 17.3 Å². The summed E-state index contributed by atoms with van der Waals surface area (Å²) in [6, 6.07) is 3.87. The van der Waals surface area contributed by atoms with Gasteiger partial charge in [0.25, 0.3) is 0 Å². The van der Waals surface area contributed by atoms with Gasteiger partial charge in [0.2, 0.25) is 11.8 Å². The molecule has 3 aliphatic rings. The molecule has 1 unspecified atom stereocenters. The predicted octanol–water partition coefficient (Wildman–Crippen LogP) is 2.18. The van der Waals surface area contributed by atoms with E-state index < -0.39 is 5.92 Å². The maximum atomic E-state index is 15.4. The highest BCUT2D eigenvalue weighted by molar-refractivity contribution is 6.02. The molecule has 1 spiro atoms. The summed E-state index contributed by atoms with van der Waals surface area (Å²) in [5.74, 6) is -1.48. The number of nitrogens with zero attached hydrogens (tertiary/aromatic N) is 2. The second kappa shape index (κ2) is 6.79. The van der Waals surface area contributed by atoms with Gasteiger partial charge in [-0.1, -0.05) is 0 Å². The van der Waals surface area contributed by atoms with Crippen molar-refractivity contribution in [2.45, 2.75) is 50.5 Å². The van der Waals surface area contributed by atoms with Crippen LogP contribution in [-0.4, -0.2) is 40.7 Å². The number of fused-ring (bicyclic) bond motifs is 1. The van der Waals surface area contributed by atoms with Crippen LogP contribution in [0.1, 0.15) is 50.1 Å². The van der Waals surface area contributed by atoms with E-state index >= 15 is 4.39 Å². The number of aromatic nitrogens is 2. The van der Waals surface area contributed by atoms with Crippen molar-refractivity contribution < 1.29 is 14.0 Å². The summed E-state index contributed by atoms with van der Waals surface area (Å²) in [4.78, 5) is 23.7. The van der Waals surface area contributed by atoms with Gasteiger partial charge in [-0.15, -0.1) is 0 Å². The molecule has 1 aliphatic carbocycles. The molecule has 2 aliphatic heterocycles. The minimum atomic E-state index is -0.528. The summed E-state index contributed by atoms with van der Waals surface area (Å²) in [5, 5.41) is 14.2. The number of hydrogen-bond acceptors (Lipinski definition) is 5. The third-order valence-electron chi connectivity index (χ3n) is 6.95. The predicted molar refractivity (Wildman–Crippen MR) is 107 cm³/mol. The Bertz CT molecular complexity index is 987. The molecule has 3 fully saturated rings. The first-order chi connectivity index (χ1) is 14.0. The monoisotopic (exact) mass is 399 g/mol. The summed E-state index contributed by atoms with van der Waals surface area (Å²) < 4.78 is 16.9. The van der Waals surface area contributed by atoms with Crippen LogP contribution in [0.15, 0.2) is 12.1 Å². The quantitative estimate of drug-likeness (QED) is 0.689. The van der Waals surface area contributed by atoms with Gasteiger partial charge in [-0.25, -0.2) is 4.39 Å². The van der Waals surface area contributed by atoms with Crippen molar-refractivity contribution in [3.05, 3.63) is 23.6 Å². The van der Waals surface area contributed by atoms with E-state index in [4.69, 9.17) is 0 Å². The Kier molecular flexibility index (Phi) is 4.34. The van der Waals surface area contributed by atoms with Gasteiger partial charge in [-0.05, 0) is 49.7 Å². The standard InChI is InChI=1S/C21H26FN5O2/c1-27-19-13(18(26-27)14-3-5-16(28)25-20(14)29)2-4-15(17(19)22)24-12-6-8-21(9-7-12)10-23-11-21/h2,4,12,14,23-24H,3,5-11H2,1H3,(H,25,28,29). The Balaban J connectivity index is 1.40. The van der Waals surface area contributed by atoms with E-state index in [0.29, 0.717) is 34.1 Å². The zero-order chi connectivity index (χ0) is 20.2. The van der Waals surface area contributed by atoms with E-state index in [1.807, 2.05) is 6.07 Å². The SMILES string of the molecule is Cn1nc(C2CCC(=O)NC2=O)c2ccc(NC3CCC4(CC3)CNC4)c(F)c21. The molecule has 3 N–H and O–H groups in total. The Morgan fingerprint density at radius 3 is 2.62 bits per heavy atom. The lowest BCUT2D eigenvalue weighted by atomic mass is 9.68. The lowest BCUT2D eigenvalue weighted by Crippen LogP contribution is -2.55. The number of carbonyl (C=O) groups excluding carboxylic acids is 2. The number of halogens is 1. The molecular weight excluding hydrogens is 373 g/mol. The molecule has 1 aromatic carbocycles. The molecule has 154 valence electrons. The van der Waals surface area contributed by atoms with Crippen molar-refractivity contribution in [2.24, 2.45) is 12.5 Å². The van der Waals surface area contributed by atoms with Crippen molar-refractivity contribution in [3.8, 4) is 0 Å². The van der Waals surface area contributed by atoms with E-state index in [1.165, 1.54) is 17.5 Å². The molecular formula is C21H26FN5O2. The lowest BCUT2D eigenvalue weighted by Gasteiger charge is -2.47. The number of rotatable bonds is 3. The first-order valence-corrected chi connectivity index (χ1v) is 10.4. The summed E-state index contributed by atoms with van der Waals surface area (Å²) >= 11 is 0. The molecule has 2 amide bonds. The highest BCUT2D eigenvalue weighted by Gasteiger charge is 2.40. The minimum Gasteiger partial charge on any atom is -0.380 e. The average molecular weight is 399 g/mol. The number of aryl methyl sites for hydroxylation is 1. The van der Waals surface area contributed by atoms with Crippen LogP contribution in [0.3, 0.4) is 0 Å². The summed E-state index contributed by atoms with van der Waals surface area (Å²) in [6.45, 7) is 2.22. The largest absolute Gasteiger partial charge is 0.380 e. The van der Waals surface area contributed by atoms with Gasteiger partial charge in [0.15, 0.2) is 5.82 Å². The van der Waals surface area contributed by atoms with Crippen LogP contribution in [0.2, 0.25) is 0 Å². The van der Waals surface area contributed by atoms with Crippen molar-refractivity contribution in [3.63, 3.8) is 0 Å². The highest BCUT2D eigenvalue weighted by atomic mass is 19.1. The highest BCUT2D eigenvalue weighted by Crippen LogP contribution is 2.41. The molecule has 0 radical (unpaired) electrons. The Morgan fingerprint density at radius 1 is 1.21 bits per heavy atom.